The van der Waals surface area contributed by atoms with Crippen molar-refractivity contribution in [1.29, 1.82) is 5.26 Å². The minimum absolute atomic E-state index is 0.0555. The summed E-state index contributed by atoms with van der Waals surface area (Å²) in [6, 6.07) is 15.0. The molecule has 1 amide bonds. The summed E-state index contributed by atoms with van der Waals surface area (Å²) in [5.41, 5.74) is 8.38. The standard InChI is InChI=1S/C24H22N6O2/c25-14-15-3-5-16(6-4-15)20-7-9-28-23(30-20)29-17-10-24(11-17)12-18(13-24)32-22-19(21(26)31)2-1-8-27-22/h1-9,17-18H,10-13H2,(H2,26,31)(H,28,29,30). The van der Waals surface area contributed by atoms with Crippen LogP contribution in [0.1, 0.15) is 41.6 Å². The summed E-state index contributed by atoms with van der Waals surface area (Å²) in [5, 5.41) is 12.4. The van der Waals surface area contributed by atoms with E-state index in [9.17, 15) is 4.79 Å². The van der Waals surface area contributed by atoms with Gasteiger partial charge < -0.3 is 15.8 Å². The number of amides is 1. The van der Waals surface area contributed by atoms with E-state index in [0.29, 0.717) is 29.0 Å². The van der Waals surface area contributed by atoms with E-state index in [4.69, 9.17) is 15.7 Å². The first-order chi connectivity index (χ1) is 15.5. The first kappa shape index (κ1) is 19.9. The quantitative estimate of drug-likeness (QED) is 0.619. The van der Waals surface area contributed by atoms with Gasteiger partial charge in [0.15, 0.2) is 0 Å². The van der Waals surface area contributed by atoms with Gasteiger partial charge >= 0.3 is 0 Å². The van der Waals surface area contributed by atoms with Gasteiger partial charge in [-0.1, -0.05) is 12.1 Å². The van der Waals surface area contributed by atoms with E-state index in [2.05, 4.69) is 26.3 Å². The number of nitriles is 1. The molecule has 8 nitrogen and oxygen atoms in total. The Balaban J connectivity index is 1.15. The second-order valence-corrected chi connectivity index (χ2v) is 8.57. The van der Waals surface area contributed by atoms with Crippen LogP contribution in [0.3, 0.4) is 0 Å². The number of aromatic nitrogens is 3. The van der Waals surface area contributed by atoms with Crippen molar-refractivity contribution in [2.24, 2.45) is 11.1 Å². The number of nitrogens with zero attached hydrogens (tertiary/aromatic N) is 4. The van der Waals surface area contributed by atoms with Crippen molar-refractivity contribution in [3.63, 3.8) is 0 Å². The zero-order valence-corrected chi connectivity index (χ0v) is 17.4. The molecule has 8 heteroatoms. The number of pyridine rings is 1. The lowest BCUT2D eigenvalue weighted by molar-refractivity contribution is -0.0760. The number of nitrogens with one attached hydrogen (secondary N) is 1. The van der Waals surface area contributed by atoms with Crippen LogP contribution in [0.25, 0.3) is 11.3 Å². The van der Waals surface area contributed by atoms with E-state index in [1.54, 1.807) is 36.7 Å². The van der Waals surface area contributed by atoms with Gasteiger partial charge in [0.2, 0.25) is 11.8 Å². The van der Waals surface area contributed by atoms with E-state index in [1.165, 1.54) is 0 Å². The molecule has 3 aromatic rings. The van der Waals surface area contributed by atoms with E-state index < -0.39 is 5.91 Å². The van der Waals surface area contributed by atoms with Gasteiger partial charge in [0.25, 0.3) is 5.91 Å². The average molecular weight is 426 g/mol. The SMILES string of the molecule is N#Cc1ccc(-c2ccnc(NC3CC4(C3)CC(Oc3ncccc3C(N)=O)C4)n2)cc1. The molecular weight excluding hydrogens is 404 g/mol. The maximum atomic E-state index is 11.5. The molecule has 0 radical (unpaired) electrons. The van der Waals surface area contributed by atoms with Crippen LogP contribution >= 0.6 is 0 Å². The van der Waals surface area contributed by atoms with Crippen LogP contribution in [0.2, 0.25) is 0 Å². The third-order valence-electron chi connectivity index (χ3n) is 6.29. The molecule has 160 valence electrons. The number of hydrogen-bond acceptors (Lipinski definition) is 7. The topological polar surface area (TPSA) is 127 Å². The molecule has 2 aliphatic rings. The van der Waals surface area contributed by atoms with Crippen molar-refractivity contribution < 1.29 is 9.53 Å². The summed E-state index contributed by atoms with van der Waals surface area (Å²) in [7, 11) is 0. The fourth-order valence-electron chi connectivity index (χ4n) is 4.73. The maximum absolute atomic E-state index is 11.5. The third-order valence-corrected chi connectivity index (χ3v) is 6.29. The van der Waals surface area contributed by atoms with E-state index in [-0.39, 0.29) is 11.5 Å². The van der Waals surface area contributed by atoms with Crippen molar-refractivity contribution in [2.75, 3.05) is 5.32 Å². The van der Waals surface area contributed by atoms with Crippen LogP contribution in [-0.4, -0.2) is 33.0 Å². The Kier molecular flexibility index (Phi) is 4.94. The fourth-order valence-corrected chi connectivity index (χ4v) is 4.73. The molecule has 1 aromatic carbocycles. The number of carbonyl (C=O) groups is 1. The summed E-state index contributed by atoms with van der Waals surface area (Å²) >= 11 is 0. The van der Waals surface area contributed by atoms with Crippen molar-refractivity contribution in [3.05, 3.63) is 66.0 Å². The van der Waals surface area contributed by atoms with Crippen molar-refractivity contribution >= 4 is 11.9 Å². The zero-order valence-electron chi connectivity index (χ0n) is 17.4. The Morgan fingerprint density at radius 3 is 2.59 bits per heavy atom. The van der Waals surface area contributed by atoms with E-state index in [1.807, 2.05) is 18.2 Å². The summed E-state index contributed by atoms with van der Waals surface area (Å²) in [5.74, 6) is 0.401. The summed E-state index contributed by atoms with van der Waals surface area (Å²) in [6.07, 6.45) is 7.34. The number of nitrogens with two attached hydrogens (primary N) is 1. The number of ether oxygens (including phenoxy) is 1. The molecule has 2 saturated carbocycles. The Bertz CT molecular complexity index is 1190. The molecule has 0 unspecified atom stereocenters. The van der Waals surface area contributed by atoms with Crippen molar-refractivity contribution in [1.82, 2.24) is 15.0 Å². The molecule has 0 bridgehead atoms. The smallest absolute Gasteiger partial charge is 0.254 e. The first-order valence-electron chi connectivity index (χ1n) is 10.6. The van der Waals surface area contributed by atoms with Crippen LogP contribution in [0.4, 0.5) is 5.95 Å². The van der Waals surface area contributed by atoms with E-state index >= 15 is 0 Å². The van der Waals surface area contributed by atoms with Gasteiger partial charge in [0.1, 0.15) is 11.7 Å². The molecule has 32 heavy (non-hydrogen) atoms. The number of benzene rings is 1. The third kappa shape index (κ3) is 3.85. The Hall–Kier alpha value is -3.99. The lowest BCUT2D eigenvalue weighted by atomic mass is 9.53. The summed E-state index contributed by atoms with van der Waals surface area (Å²) in [4.78, 5) is 24.7. The number of hydrogen-bond donors (Lipinski definition) is 2. The van der Waals surface area contributed by atoms with Crippen LogP contribution in [0.15, 0.2) is 54.9 Å². The minimum atomic E-state index is -0.529. The highest BCUT2D eigenvalue weighted by atomic mass is 16.5. The van der Waals surface area contributed by atoms with Gasteiger partial charge in [0, 0.05) is 24.0 Å². The molecule has 2 heterocycles. The Morgan fingerprint density at radius 2 is 1.88 bits per heavy atom. The lowest BCUT2D eigenvalue weighted by Gasteiger charge is -2.57. The molecule has 0 aliphatic heterocycles. The predicted molar refractivity (Wildman–Crippen MR) is 118 cm³/mol. The van der Waals surface area contributed by atoms with E-state index in [0.717, 1.165) is 36.9 Å². The molecule has 2 aromatic heterocycles. The number of anilines is 1. The van der Waals surface area contributed by atoms with Crippen LogP contribution in [0.5, 0.6) is 5.88 Å². The van der Waals surface area contributed by atoms with Crippen LogP contribution < -0.4 is 15.8 Å². The lowest BCUT2D eigenvalue weighted by Crippen LogP contribution is -2.56. The molecular formula is C24H22N6O2. The monoisotopic (exact) mass is 426 g/mol. The Morgan fingerprint density at radius 1 is 1.09 bits per heavy atom. The van der Waals surface area contributed by atoms with Gasteiger partial charge in [-0.3, -0.25) is 4.79 Å². The highest BCUT2D eigenvalue weighted by Crippen LogP contribution is 2.57. The fraction of sp³-hybridized carbons (Fsp3) is 0.292. The number of rotatable bonds is 6. The molecule has 0 atom stereocenters. The molecule has 3 N–H and O–H groups in total. The van der Waals surface area contributed by atoms with Gasteiger partial charge in [-0.05, 0) is 61.4 Å². The normalized spacial score (nSPS) is 23.5. The summed E-state index contributed by atoms with van der Waals surface area (Å²) in [6.45, 7) is 0. The number of primary amides is 1. The second-order valence-electron chi connectivity index (χ2n) is 8.57. The maximum Gasteiger partial charge on any atom is 0.254 e. The molecule has 1 spiro atoms. The average Bonchev–Trinajstić information content (AvgIpc) is 2.76. The molecule has 0 saturated heterocycles. The molecule has 2 fully saturated rings. The first-order valence-corrected chi connectivity index (χ1v) is 10.6. The highest BCUT2D eigenvalue weighted by molar-refractivity contribution is 5.94. The van der Waals surface area contributed by atoms with Crippen LogP contribution in [0, 0.1) is 16.7 Å². The largest absolute Gasteiger partial charge is 0.474 e. The van der Waals surface area contributed by atoms with Crippen molar-refractivity contribution in [2.45, 2.75) is 37.8 Å². The van der Waals surface area contributed by atoms with Crippen LogP contribution in [-0.2, 0) is 0 Å². The molecule has 5 rings (SSSR count). The summed E-state index contributed by atoms with van der Waals surface area (Å²) < 4.78 is 5.93. The second kappa shape index (κ2) is 7.93. The zero-order chi connectivity index (χ0) is 22.1. The van der Waals surface area contributed by atoms with Gasteiger partial charge in [-0.2, -0.15) is 5.26 Å². The Labute approximate surface area is 185 Å². The minimum Gasteiger partial charge on any atom is -0.474 e. The number of carbonyl (C=O) groups excluding carboxylic acids is 1. The van der Waals surface area contributed by atoms with Gasteiger partial charge in [0.05, 0.1) is 17.3 Å². The van der Waals surface area contributed by atoms with Gasteiger partial charge in [-0.25, -0.2) is 15.0 Å². The highest BCUT2D eigenvalue weighted by Gasteiger charge is 2.54. The van der Waals surface area contributed by atoms with Gasteiger partial charge in [-0.15, -0.1) is 0 Å². The predicted octanol–water partition coefficient (Wildman–Crippen LogP) is 3.31. The van der Waals surface area contributed by atoms with Crippen molar-refractivity contribution in [3.8, 4) is 23.2 Å². The molecule has 2 aliphatic carbocycles.